The van der Waals surface area contributed by atoms with Crippen LogP contribution in [0.2, 0.25) is 0 Å². The molecule has 238 valence electrons. The Morgan fingerprint density at radius 1 is 0.930 bits per heavy atom. The number of carboxylic acids is 1. The zero-order chi connectivity index (χ0) is 31.5. The van der Waals surface area contributed by atoms with Crippen LogP contribution in [0.4, 0.5) is 4.53 Å². The predicted molar refractivity (Wildman–Crippen MR) is 165 cm³/mol. The van der Waals surface area contributed by atoms with Crippen LogP contribution in [0.5, 0.6) is 11.5 Å². The van der Waals surface area contributed by atoms with Crippen molar-refractivity contribution in [2.75, 3.05) is 13.2 Å². The third kappa shape index (κ3) is 14.2. The fourth-order valence-electron chi connectivity index (χ4n) is 5.88. The van der Waals surface area contributed by atoms with Crippen molar-refractivity contribution < 1.29 is 38.8 Å². The Morgan fingerprint density at radius 2 is 1.63 bits per heavy atom. The normalized spacial score (nSPS) is 18.0. The molecule has 0 bridgehead atoms. The zero-order valence-corrected chi connectivity index (χ0v) is 25.8. The second kappa shape index (κ2) is 20.6. The molecule has 2 atom stereocenters. The number of hydrogen-bond donors (Lipinski definition) is 2. The molecule has 4 rings (SSSR count). The molecule has 43 heavy (non-hydrogen) atoms. The minimum absolute atomic E-state index is 0.0290. The van der Waals surface area contributed by atoms with Crippen molar-refractivity contribution in [3.05, 3.63) is 59.2 Å². The number of halogens is 1. The van der Waals surface area contributed by atoms with Gasteiger partial charge in [0, 0.05) is 17.9 Å². The summed E-state index contributed by atoms with van der Waals surface area (Å²) in [5.74, 6) is 2.55. The van der Waals surface area contributed by atoms with Gasteiger partial charge in [-0.05, 0) is 93.2 Å². The van der Waals surface area contributed by atoms with Gasteiger partial charge in [-0.15, -0.1) is 0 Å². The quantitative estimate of drug-likeness (QED) is 0.168. The highest BCUT2D eigenvalue weighted by Crippen LogP contribution is 2.29. The monoisotopic (exact) mass is 600 g/mol. The minimum atomic E-state index is -1.01. The summed E-state index contributed by atoms with van der Waals surface area (Å²) >= 11 is 0. The molecule has 2 aliphatic carbocycles. The number of ketones is 1. The molecule has 0 aliphatic heterocycles. The lowest BCUT2D eigenvalue weighted by atomic mass is 9.86. The first-order valence-corrected chi connectivity index (χ1v) is 15.7. The third-order valence-electron chi connectivity index (χ3n) is 8.22. The number of aryl methyl sites for hydroxylation is 1. The fraction of sp³-hybridized carbons (Fsp3) is 0.571. The summed E-state index contributed by atoms with van der Waals surface area (Å²) in [6, 6.07) is 12.9. The highest BCUT2D eigenvalue weighted by Gasteiger charge is 2.19. The maximum absolute atomic E-state index is 11.5. The second-order valence-corrected chi connectivity index (χ2v) is 11.9. The molecule has 2 saturated carbocycles. The van der Waals surface area contributed by atoms with Crippen LogP contribution in [0.25, 0.3) is 0 Å². The molecule has 2 fully saturated rings. The first kappa shape index (κ1) is 35.9. The summed E-state index contributed by atoms with van der Waals surface area (Å²) in [6.45, 7) is 4.98. The molecule has 2 aliphatic rings. The lowest BCUT2D eigenvalue weighted by Crippen LogP contribution is -2.08. The lowest BCUT2D eigenvalue weighted by molar-refractivity contribution is -0.116. The van der Waals surface area contributed by atoms with Gasteiger partial charge < -0.3 is 19.4 Å². The van der Waals surface area contributed by atoms with Gasteiger partial charge in [0.2, 0.25) is 0 Å². The van der Waals surface area contributed by atoms with Crippen LogP contribution >= 0.6 is 0 Å². The Balaban J connectivity index is 0.000000550. The van der Waals surface area contributed by atoms with Crippen molar-refractivity contribution in [2.45, 2.75) is 97.3 Å². The molecule has 2 aromatic rings. The molecule has 2 N–H and O–H groups in total. The predicted octanol–water partition coefficient (Wildman–Crippen LogP) is 7.75. The van der Waals surface area contributed by atoms with E-state index in [-0.39, 0.29) is 17.8 Å². The Morgan fingerprint density at radius 3 is 2.21 bits per heavy atom. The van der Waals surface area contributed by atoms with E-state index in [1.807, 2.05) is 12.1 Å². The molecular formula is C35H49FO7. The Labute approximate surface area is 255 Å². The van der Waals surface area contributed by atoms with E-state index in [1.165, 1.54) is 69.6 Å². The van der Waals surface area contributed by atoms with Crippen LogP contribution in [0.15, 0.2) is 42.5 Å². The number of carbonyl (C=O) groups excluding carboxylic acids is 2. The van der Waals surface area contributed by atoms with Gasteiger partial charge in [0.1, 0.15) is 23.6 Å². The van der Waals surface area contributed by atoms with Crippen molar-refractivity contribution in [2.24, 2.45) is 17.8 Å². The van der Waals surface area contributed by atoms with Crippen molar-refractivity contribution in [3.8, 4) is 11.5 Å². The highest BCUT2D eigenvalue weighted by atomic mass is 19.3. The number of benzene rings is 2. The maximum Gasteiger partial charge on any atom is 0.335 e. The van der Waals surface area contributed by atoms with Crippen LogP contribution in [0.1, 0.15) is 106 Å². The van der Waals surface area contributed by atoms with E-state index in [4.69, 9.17) is 19.3 Å². The summed E-state index contributed by atoms with van der Waals surface area (Å²) < 4.78 is 20.3. The Bertz CT molecular complexity index is 1100. The summed E-state index contributed by atoms with van der Waals surface area (Å²) in [6.07, 6.45) is 15.9. The van der Waals surface area contributed by atoms with E-state index in [9.17, 15) is 19.5 Å². The van der Waals surface area contributed by atoms with Gasteiger partial charge in [-0.25, -0.2) is 10.1 Å². The fourth-order valence-corrected chi connectivity index (χ4v) is 5.88. The zero-order valence-electron chi connectivity index (χ0n) is 25.8. The number of rotatable bonds is 14. The van der Waals surface area contributed by atoms with E-state index < -0.39 is 5.97 Å². The summed E-state index contributed by atoms with van der Waals surface area (Å²) in [4.78, 5) is 32.9. The summed E-state index contributed by atoms with van der Waals surface area (Å²) in [5, 5.41) is 14.7. The van der Waals surface area contributed by atoms with E-state index in [1.54, 1.807) is 6.07 Å². The van der Waals surface area contributed by atoms with Gasteiger partial charge >= 0.3 is 5.97 Å². The highest BCUT2D eigenvalue weighted by molar-refractivity contribution is 5.89. The van der Waals surface area contributed by atoms with Gasteiger partial charge in [0.05, 0.1) is 18.8 Å². The molecule has 0 saturated heterocycles. The van der Waals surface area contributed by atoms with Crippen LogP contribution in [0.3, 0.4) is 0 Å². The third-order valence-corrected chi connectivity index (χ3v) is 8.22. The molecule has 0 heterocycles. The van der Waals surface area contributed by atoms with Gasteiger partial charge in [0.25, 0.3) is 0 Å². The van der Waals surface area contributed by atoms with Crippen molar-refractivity contribution in [1.82, 2.24) is 0 Å². The number of aldehydes is 1. The lowest BCUT2D eigenvalue weighted by Gasteiger charge is -2.21. The molecule has 2 unspecified atom stereocenters. The molecule has 8 heteroatoms. The molecular weight excluding hydrogens is 551 g/mol. The van der Waals surface area contributed by atoms with Crippen LogP contribution in [-0.2, 0) is 22.4 Å². The molecule has 0 spiro atoms. The Kier molecular flexibility index (Phi) is 17.2. The van der Waals surface area contributed by atoms with Gasteiger partial charge in [-0.2, -0.15) is 0 Å². The maximum atomic E-state index is 11.5. The average Bonchev–Trinajstić information content (AvgIpc) is 3.45. The smallest absolute Gasteiger partial charge is 0.335 e. The number of carbonyl (C=O) groups is 3. The topological polar surface area (TPSA) is 110 Å². The number of carboxylic acid groups (broad SMARTS) is 1. The van der Waals surface area contributed by atoms with E-state index in [0.29, 0.717) is 23.8 Å². The van der Waals surface area contributed by atoms with Crippen molar-refractivity contribution in [3.63, 3.8) is 0 Å². The van der Waals surface area contributed by atoms with Crippen LogP contribution in [-0.4, -0.2) is 41.7 Å². The molecule has 0 amide bonds. The SMILES string of the molecule is CC(=O)Cc1cc(C(=O)O)ccc1OCCCc1ccc(OCCCC2CCCCC2)cc1.CC1CCC(C=O)C1.OF. The average molecular weight is 601 g/mol. The second-order valence-electron chi connectivity index (χ2n) is 11.9. The van der Waals surface area contributed by atoms with E-state index >= 15 is 0 Å². The van der Waals surface area contributed by atoms with Crippen LogP contribution in [0, 0.1) is 17.8 Å². The van der Waals surface area contributed by atoms with Gasteiger partial charge in [-0.1, -0.05) is 62.1 Å². The summed E-state index contributed by atoms with van der Waals surface area (Å²) in [5.41, 5.74) is 2.00. The molecule has 7 nitrogen and oxygen atoms in total. The van der Waals surface area contributed by atoms with Crippen molar-refractivity contribution >= 4 is 18.0 Å². The number of ether oxygens (including phenoxy) is 2. The van der Waals surface area contributed by atoms with Crippen LogP contribution < -0.4 is 9.47 Å². The summed E-state index contributed by atoms with van der Waals surface area (Å²) in [7, 11) is 0. The first-order chi connectivity index (χ1) is 20.8. The molecule has 0 radical (unpaired) electrons. The molecule has 0 aromatic heterocycles. The molecule has 2 aromatic carbocycles. The number of Topliss-reactive ketones (excluding diaryl/α,β-unsaturated/α-hetero) is 1. The Hall–Kier alpha value is -3.26. The minimum Gasteiger partial charge on any atom is -0.494 e. The van der Waals surface area contributed by atoms with Gasteiger partial charge in [-0.3, -0.25) is 4.79 Å². The first-order valence-electron chi connectivity index (χ1n) is 15.7. The standard InChI is InChI=1S/C28H36O5.C7H12O.FHO/c1-21(29)19-25-20-24(28(30)31)13-16-27(25)33-18-6-10-23-11-14-26(15-12-23)32-17-5-9-22-7-3-2-4-8-22;1-6-2-3-7(4-6)5-8;1-2/h11-16,20,22H,2-10,17-19H2,1H3,(H,30,31);5-7H,2-4H2,1H3;2H. The number of aromatic carboxylic acids is 1. The van der Waals surface area contributed by atoms with E-state index in [2.05, 4.69) is 19.1 Å². The largest absolute Gasteiger partial charge is 0.494 e. The number of hydrogen-bond acceptors (Lipinski definition) is 6. The van der Waals surface area contributed by atoms with Gasteiger partial charge in [0.15, 0.2) is 0 Å². The van der Waals surface area contributed by atoms with Crippen molar-refractivity contribution in [1.29, 1.82) is 0 Å². The van der Waals surface area contributed by atoms with E-state index in [0.717, 1.165) is 62.6 Å².